The molecule has 2 atom stereocenters. The van der Waals surface area contributed by atoms with E-state index in [1.807, 2.05) is 36.4 Å². The highest BCUT2D eigenvalue weighted by Gasteiger charge is 2.48. The minimum Gasteiger partial charge on any atom is -0.481 e. The van der Waals surface area contributed by atoms with E-state index in [0.29, 0.717) is 0 Å². The minimum absolute atomic E-state index is 0.0653. The fraction of sp³-hybridized carbons (Fsp3) is 0.423. The summed E-state index contributed by atoms with van der Waals surface area (Å²) >= 11 is 0. The second-order valence-corrected chi connectivity index (χ2v) is 9.86. The maximum absolute atomic E-state index is 13.0. The Kier molecular flexibility index (Phi) is 6.36. The van der Waals surface area contributed by atoms with Crippen molar-refractivity contribution in [2.45, 2.75) is 44.7 Å². The molecule has 1 fully saturated rings. The maximum Gasteiger partial charge on any atom is 0.407 e. The van der Waals surface area contributed by atoms with E-state index in [1.54, 1.807) is 20.8 Å². The molecule has 3 N–H and O–H groups in total. The molecule has 2 aromatic rings. The van der Waals surface area contributed by atoms with E-state index in [9.17, 15) is 14.4 Å². The van der Waals surface area contributed by atoms with Crippen LogP contribution in [-0.4, -0.2) is 54.5 Å². The predicted octanol–water partition coefficient (Wildman–Crippen LogP) is 3.30. The number of carbonyl (C=O) groups is 3. The van der Waals surface area contributed by atoms with E-state index in [0.717, 1.165) is 22.3 Å². The van der Waals surface area contributed by atoms with Gasteiger partial charge in [0.15, 0.2) is 0 Å². The number of fused-ring (bicyclic) bond motifs is 3. The van der Waals surface area contributed by atoms with E-state index >= 15 is 0 Å². The van der Waals surface area contributed by atoms with Gasteiger partial charge in [-0.1, -0.05) is 48.5 Å². The van der Waals surface area contributed by atoms with Gasteiger partial charge in [-0.2, -0.15) is 0 Å². The number of amides is 2. The lowest BCUT2D eigenvalue weighted by atomic mass is 9.83. The average molecular weight is 467 g/mol. The van der Waals surface area contributed by atoms with Gasteiger partial charge in [-0.05, 0) is 43.0 Å². The molecule has 34 heavy (non-hydrogen) atoms. The normalized spacial score (nSPS) is 21.4. The molecule has 0 bridgehead atoms. The van der Waals surface area contributed by atoms with Crippen molar-refractivity contribution in [3.8, 4) is 11.1 Å². The number of carbonyl (C=O) groups excluding carboxylic acids is 2. The summed E-state index contributed by atoms with van der Waals surface area (Å²) in [5.41, 5.74) is 2.52. The maximum atomic E-state index is 13.0. The van der Waals surface area contributed by atoms with Crippen LogP contribution >= 0.6 is 0 Å². The van der Waals surface area contributed by atoms with Gasteiger partial charge < -0.3 is 25.2 Å². The van der Waals surface area contributed by atoms with Gasteiger partial charge in [0.1, 0.15) is 6.61 Å². The number of nitrogens with one attached hydrogen (secondary N) is 2. The molecule has 2 amide bonds. The Labute approximate surface area is 198 Å². The number of hydrogen-bond donors (Lipinski definition) is 3. The fourth-order valence-electron chi connectivity index (χ4n) is 4.75. The lowest BCUT2D eigenvalue weighted by molar-refractivity contribution is -0.139. The van der Waals surface area contributed by atoms with E-state index in [-0.39, 0.29) is 38.1 Å². The molecule has 0 saturated carbocycles. The van der Waals surface area contributed by atoms with Crippen LogP contribution in [0.4, 0.5) is 4.79 Å². The summed E-state index contributed by atoms with van der Waals surface area (Å²) in [4.78, 5) is 36.8. The Morgan fingerprint density at radius 3 is 2.26 bits per heavy atom. The quantitative estimate of drug-likeness (QED) is 0.577. The van der Waals surface area contributed by atoms with Crippen LogP contribution < -0.4 is 10.6 Å². The SMILES string of the molecule is CC(C)(CC(=O)O)NC(=O)C1(C)COCC1NC(=O)OCC1c2ccccc2-c2ccccc21. The van der Waals surface area contributed by atoms with E-state index in [2.05, 4.69) is 22.8 Å². The molecule has 8 nitrogen and oxygen atoms in total. The fourth-order valence-corrected chi connectivity index (χ4v) is 4.75. The molecule has 8 heteroatoms. The molecule has 180 valence electrons. The Hall–Kier alpha value is -3.39. The molecular formula is C26H30N2O6. The highest BCUT2D eigenvalue weighted by atomic mass is 16.5. The van der Waals surface area contributed by atoms with E-state index in [4.69, 9.17) is 14.6 Å². The summed E-state index contributed by atoms with van der Waals surface area (Å²) in [6.07, 6.45) is -0.846. The van der Waals surface area contributed by atoms with Crippen LogP contribution in [0.2, 0.25) is 0 Å². The molecule has 0 spiro atoms. The molecule has 1 heterocycles. The molecule has 1 aliphatic carbocycles. The van der Waals surface area contributed by atoms with Gasteiger partial charge >= 0.3 is 12.1 Å². The highest BCUT2D eigenvalue weighted by Crippen LogP contribution is 2.44. The predicted molar refractivity (Wildman–Crippen MR) is 125 cm³/mol. The summed E-state index contributed by atoms with van der Waals surface area (Å²) in [6, 6.07) is 15.6. The number of rotatable bonds is 7. The summed E-state index contributed by atoms with van der Waals surface area (Å²) in [6.45, 7) is 5.42. The standard InChI is InChI=1S/C26H30N2O6/c1-25(2,12-22(29)30)28-23(31)26(3)15-33-14-21(26)27-24(32)34-13-20-18-10-6-4-8-16(18)17-9-5-7-11-19(17)20/h4-11,20-21H,12-15H2,1-3H3,(H,27,32)(H,28,31)(H,29,30). The Balaban J connectivity index is 1.40. The molecule has 4 rings (SSSR count). The minimum atomic E-state index is -1.05. The third-order valence-corrected chi connectivity index (χ3v) is 6.66. The van der Waals surface area contributed by atoms with Gasteiger partial charge in [-0.25, -0.2) is 4.79 Å². The van der Waals surface area contributed by atoms with Crippen molar-refractivity contribution in [3.05, 3.63) is 59.7 Å². The smallest absolute Gasteiger partial charge is 0.407 e. The number of ether oxygens (including phenoxy) is 2. The largest absolute Gasteiger partial charge is 0.481 e. The summed E-state index contributed by atoms with van der Waals surface area (Å²) in [7, 11) is 0. The lowest BCUT2D eigenvalue weighted by Gasteiger charge is -2.33. The number of benzene rings is 2. The zero-order chi connectivity index (χ0) is 24.5. The van der Waals surface area contributed by atoms with Crippen LogP contribution in [0.1, 0.15) is 44.2 Å². The molecule has 1 aliphatic heterocycles. The first-order chi connectivity index (χ1) is 16.1. The number of carboxylic acid groups (broad SMARTS) is 1. The molecule has 2 unspecified atom stereocenters. The Morgan fingerprint density at radius 1 is 1.09 bits per heavy atom. The number of carboxylic acids is 1. The van der Waals surface area contributed by atoms with Crippen molar-refractivity contribution in [2.24, 2.45) is 5.41 Å². The van der Waals surface area contributed by atoms with Gasteiger partial charge in [-0.3, -0.25) is 9.59 Å². The van der Waals surface area contributed by atoms with Crippen LogP contribution in [0.5, 0.6) is 0 Å². The van der Waals surface area contributed by atoms with E-state index < -0.39 is 29.1 Å². The van der Waals surface area contributed by atoms with Crippen molar-refractivity contribution >= 4 is 18.0 Å². The third-order valence-electron chi connectivity index (χ3n) is 6.66. The molecule has 2 aromatic carbocycles. The molecule has 0 aromatic heterocycles. The van der Waals surface area contributed by atoms with Gasteiger partial charge in [0.05, 0.1) is 31.1 Å². The zero-order valence-electron chi connectivity index (χ0n) is 19.6. The molecule has 1 saturated heterocycles. The first-order valence-corrected chi connectivity index (χ1v) is 11.3. The molecule has 2 aliphatic rings. The van der Waals surface area contributed by atoms with Crippen LogP contribution in [0.15, 0.2) is 48.5 Å². The highest BCUT2D eigenvalue weighted by molar-refractivity contribution is 5.86. The van der Waals surface area contributed by atoms with Crippen LogP contribution in [0.3, 0.4) is 0 Å². The van der Waals surface area contributed by atoms with Gasteiger partial charge in [0.2, 0.25) is 5.91 Å². The first kappa shape index (κ1) is 23.8. The topological polar surface area (TPSA) is 114 Å². The number of aliphatic carboxylic acids is 1. The van der Waals surface area contributed by atoms with Crippen molar-refractivity contribution in [1.29, 1.82) is 0 Å². The van der Waals surface area contributed by atoms with E-state index in [1.165, 1.54) is 0 Å². The summed E-state index contributed by atoms with van der Waals surface area (Å²) in [5, 5.41) is 14.7. The van der Waals surface area contributed by atoms with Gasteiger partial charge in [-0.15, -0.1) is 0 Å². The summed E-state index contributed by atoms with van der Waals surface area (Å²) in [5.74, 6) is -1.45. The second-order valence-electron chi connectivity index (χ2n) is 9.86. The Bertz CT molecular complexity index is 1070. The first-order valence-electron chi connectivity index (χ1n) is 11.3. The van der Waals surface area contributed by atoms with Crippen molar-refractivity contribution < 1.29 is 29.0 Å². The van der Waals surface area contributed by atoms with Crippen molar-refractivity contribution in [1.82, 2.24) is 10.6 Å². The van der Waals surface area contributed by atoms with Gasteiger partial charge in [0, 0.05) is 11.5 Å². The number of hydrogen-bond acceptors (Lipinski definition) is 5. The number of alkyl carbamates (subject to hydrolysis) is 1. The zero-order valence-corrected chi connectivity index (χ0v) is 19.6. The van der Waals surface area contributed by atoms with Crippen LogP contribution in [-0.2, 0) is 19.1 Å². The molecular weight excluding hydrogens is 436 g/mol. The lowest BCUT2D eigenvalue weighted by Crippen LogP contribution is -2.57. The Morgan fingerprint density at radius 2 is 1.68 bits per heavy atom. The molecule has 0 radical (unpaired) electrons. The summed E-state index contributed by atoms with van der Waals surface area (Å²) < 4.78 is 11.1. The van der Waals surface area contributed by atoms with Crippen molar-refractivity contribution in [3.63, 3.8) is 0 Å². The van der Waals surface area contributed by atoms with Crippen LogP contribution in [0.25, 0.3) is 11.1 Å². The van der Waals surface area contributed by atoms with Crippen LogP contribution in [0, 0.1) is 5.41 Å². The van der Waals surface area contributed by atoms with Gasteiger partial charge in [0.25, 0.3) is 0 Å². The third kappa shape index (κ3) is 4.63. The average Bonchev–Trinajstić information content (AvgIpc) is 3.30. The van der Waals surface area contributed by atoms with Crippen molar-refractivity contribution in [2.75, 3.05) is 19.8 Å². The second kappa shape index (κ2) is 9.10. The monoisotopic (exact) mass is 466 g/mol.